The standard InChI is InChI=1S/C18H30N2/c1-14(2)16-7-6-15(3)17(12-16)18(4,5)13-20-10-8-19-9-11-20/h6-7,12,14,19H,8-11,13H2,1-5H3. The van der Waals surface area contributed by atoms with Crippen LogP contribution in [-0.2, 0) is 5.41 Å². The Morgan fingerprint density at radius 2 is 1.85 bits per heavy atom. The summed E-state index contributed by atoms with van der Waals surface area (Å²) >= 11 is 0. The summed E-state index contributed by atoms with van der Waals surface area (Å²) in [7, 11) is 0. The largest absolute Gasteiger partial charge is 0.314 e. The topological polar surface area (TPSA) is 15.3 Å². The third-order valence-electron chi connectivity index (χ3n) is 4.49. The molecule has 0 spiro atoms. The van der Waals surface area contributed by atoms with E-state index in [1.54, 1.807) is 0 Å². The van der Waals surface area contributed by atoms with Gasteiger partial charge in [0.1, 0.15) is 0 Å². The minimum atomic E-state index is 0.215. The molecular formula is C18H30N2. The van der Waals surface area contributed by atoms with Gasteiger partial charge in [0, 0.05) is 38.1 Å². The lowest BCUT2D eigenvalue weighted by Gasteiger charge is -2.36. The Bertz CT molecular complexity index is 443. The highest BCUT2D eigenvalue weighted by molar-refractivity contribution is 5.37. The van der Waals surface area contributed by atoms with E-state index in [2.05, 4.69) is 63.0 Å². The summed E-state index contributed by atoms with van der Waals surface area (Å²) in [6.07, 6.45) is 0. The summed E-state index contributed by atoms with van der Waals surface area (Å²) in [5.74, 6) is 0.601. The van der Waals surface area contributed by atoms with Gasteiger partial charge in [-0.25, -0.2) is 0 Å². The van der Waals surface area contributed by atoms with Gasteiger partial charge in [-0.15, -0.1) is 0 Å². The SMILES string of the molecule is Cc1ccc(C(C)C)cc1C(C)(C)CN1CCNCC1. The maximum absolute atomic E-state index is 3.43. The molecule has 0 bridgehead atoms. The summed E-state index contributed by atoms with van der Waals surface area (Å²) in [6.45, 7) is 17.3. The first-order valence-electron chi connectivity index (χ1n) is 7.94. The van der Waals surface area contributed by atoms with Gasteiger partial charge in [-0.05, 0) is 29.5 Å². The number of rotatable bonds is 4. The maximum Gasteiger partial charge on any atom is 0.0108 e. The molecule has 2 heteroatoms. The fourth-order valence-corrected chi connectivity index (χ4v) is 3.24. The average molecular weight is 274 g/mol. The van der Waals surface area contributed by atoms with Crippen LogP contribution >= 0.6 is 0 Å². The number of nitrogens with zero attached hydrogens (tertiary/aromatic N) is 1. The lowest BCUT2D eigenvalue weighted by atomic mass is 9.79. The van der Waals surface area contributed by atoms with Crippen LogP contribution in [0.4, 0.5) is 0 Å². The minimum absolute atomic E-state index is 0.215. The fraction of sp³-hybridized carbons (Fsp3) is 0.667. The fourth-order valence-electron chi connectivity index (χ4n) is 3.24. The van der Waals surface area contributed by atoms with Gasteiger partial charge in [-0.3, -0.25) is 4.90 Å². The van der Waals surface area contributed by atoms with Crippen LogP contribution in [0.2, 0.25) is 0 Å². The molecule has 20 heavy (non-hydrogen) atoms. The minimum Gasteiger partial charge on any atom is -0.314 e. The molecular weight excluding hydrogens is 244 g/mol. The highest BCUT2D eigenvalue weighted by Crippen LogP contribution is 2.30. The van der Waals surface area contributed by atoms with Gasteiger partial charge in [0.15, 0.2) is 0 Å². The van der Waals surface area contributed by atoms with Crippen LogP contribution in [-0.4, -0.2) is 37.6 Å². The zero-order valence-electron chi connectivity index (χ0n) is 13.8. The molecule has 1 aliphatic heterocycles. The molecule has 112 valence electrons. The zero-order chi connectivity index (χ0) is 14.8. The van der Waals surface area contributed by atoms with Crippen LogP contribution in [0.15, 0.2) is 18.2 Å². The van der Waals surface area contributed by atoms with E-state index in [4.69, 9.17) is 0 Å². The van der Waals surface area contributed by atoms with Gasteiger partial charge < -0.3 is 5.32 Å². The number of piperazine rings is 1. The van der Waals surface area contributed by atoms with E-state index in [1.165, 1.54) is 29.8 Å². The van der Waals surface area contributed by atoms with Crippen LogP contribution in [0, 0.1) is 6.92 Å². The molecule has 1 saturated heterocycles. The Kier molecular flexibility index (Phi) is 4.87. The second kappa shape index (κ2) is 6.28. The molecule has 0 aromatic heterocycles. The first-order chi connectivity index (χ1) is 9.40. The summed E-state index contributed by atoms with van der Waals surface area (Å²) in [5, 5.41) is 3.43. The monoisotopic (exact) mass is 274 g/mol. The van der Waals surface area contributed by atoms with E-state index in [9.17, 15) is 0 Å². The lowest BCUT2D eigenvalue weighted by molar-refractivity contribution is 0.199. The van der Waals surface area contributed by atoms with Crippen LogP contribution in [0.1, 0.15) is 50.3 Å². The second-order valence-corrected chi connectivity index (χ2v) is 7.14. The number of nitrogens with one attached hydrogen (secondary N) is 1. The molecule has 0 saturated carbocycles. The van der Waals surface area contributed by atoms with Crippen molar-refractivity contribution in [2.75, 3.05) is 32.7 Å². The van der Waals surface area contributed by atoms with Crippen molar-refractivity contribution in [2.24, 2.45) is 0 Å². The Hall–Kier alpha value is -0.860. The van der Waals surface area contributed by atoms with Gasteiger partial charge in [-0.1, -0.05) is 45.9 Å². The molecule has 2 nitrogen and oxygen atoms in total. The molecule has 0 radical (unpaired) electrons. The molecule has 1 N–H and O–H groups in total. The zero-order valence-corrected chi connectivity index (χ0v) is 13.8. The summed E-state index contributed by atoms with van der Waals surface area (Å²) < 4.78 is 0. The normalized spacial score (nSPS) is 17.7. The van der Waals surface area contributed by atoms with Crippen LogP contribution in [0.5, 0.6) is 0 Å². The van der Waals surface area contributed by atoms with E-state index in [0.29, 0.717) is 5.92 Å². The smallest absolute Gasteiger partial charge is 0.0108 e. The van der Waals surface area contributed by atoms with Gasteiger partial charge in [0.25, 0.3) is 0 Å². The molecule has 1 heterocycles. The molecule has 2 rings (SSSR count). The molecule has 0 amide bonds. The van der Waals surface area contributed by atoms with Gasteiger partial charge in [-0.2, -0.15) is 0 Å². The van der Waals surface area contributed by atoms with E-state index in [1.807, 2.05) is 0 Å². The van der Waals surface area contributed by atoms with Crippen molar-refractivity contribution in [1.82, 2.24) is 10.2 Å². The average Bonchev–Trinajstić information content (AvgIpc) is 2.39. The molecule has 1 fully saturated rings. The Morgan fingerprint density at radius 1 is 1.20 bits per heavy atom. The highest BCUT2D eigenvalue weighted by Gasteiger charge is 2.26. The highest BCUT2D eigenvalue weighted by atomic mass is 15.2. The number of aryl methyl sites for hydroxylation is 1. The van der Waals surface area contributed by atoms with Crippen molar-refractivity contribution in [3.8, 4) is 0 Å². The summed E-state index contributed by atoms with van der Waals surface area (Å²) in [5.41, 5.74) is 4.61. The predicted molar refractivity (Wildman–Crippen MR) is 87.6 cm³/mol. The molecule has 1 aromatic carbocycles. The van der Waals surface area contributed by atoms with E-state index >= 15 is 0 Å². The third kappa shape index (κ3) is 3.62. The van der Waals surface area contributed by atoms with Crippen molar-refractivity contribution in [3.63, 3.8) is 0 Å². The maximum atomic E-state index is 3.43. The third-order valence-corrected chi connectivity index (χ3v) is 4.49. The van der Waals surface area contributed by atoms with Crippen LogP contribution < -0.4 is 5.32 Å². The van der Waals surface area contributed by atoms with Crippen molar-refractivity contribution in [3.05, 3.63) is 34.9 Å². The molecule has 0 unspecified atom stereocenters. The molecule has 1 aromatic rings. The first-order valence-corrected chi connectivity index (χ1v) is 7.94. The van der Waals surface area contributed by atoms with Crippen LogP contribution in [0.25, 0.3) is 0 Å². The molecule has 0 atom stereocenters. The lowest BCUT2D eigenvalue weighted by Crippen LogP contribution is -2.48. The van der Waals surface area contributed by atoms with Crippen molar-refractivity contribution in [2.45, 2.75) is 46.0 Å². The van der Waals surface area contributed by atoms with E-state index < -0.39 is 0 Å². The van der Waals surface area contributed by atoms with Crippen molar-refractivity contribution < 1.29 is 0 Å². The summed E-state index contributed by atoms with van der Waals surface area (Å²) in [4.78, 5) is 2.60. The number of hydrogen-bond donors (Lipinski definition) is 1. The van der Waals surface area contributed by atoms with E-state index in [0.717, 1.165) is 19.6 Å². The second-order valence-electron chi connectivity index (χ2n) is 7.14. The quantitative estimate of drug-likeness (QED) is 0.906. The molecule has 1 aliphatic rings. The van der Waals surface area contributed by atoms with E-state index in [-0.39, 0.29) is 5.41 Å². The molecule has 0 aliphatic carbocycles. The Balaban J connectivity index is 2.20. The van der Waals surface area contributed by atoms with Crippen LogP contribution in [0.3, 0.4) is 0 Å². The predicted octanol–water partition coefficient (Wildman–Crippen LogP) is 3.30. The summed E-state index contributed by atoms with van der Waals surface area (Å²) in [6, 6.07) is 7.01. The first kappa shape index (κ1) is 15.5. The number of benzene rings is 1. The Labute approximate surface area is 124 Å². The van der Waals surface area contributed by atoms with Gasteiger partial charge in [0.05, 0.1) is 0 Å². The van der Waals surface area contributed by atoms with Gasteiger partial charge >= 0.3 is 0 Å². The number of hydrogen-bond acceptors (Lipinski definition) is 2. The van der Waals surface area contributed by atoms with Crippen molar-refractivity contribution >= 4 is 0 Å². The Morgan fingerprint density at radius 3 is 2.45 bits per heavy atom. The van der Waals surface area contributed by atoms with Crippen molar-refractivity contribution in [1.29, 1.82) is 0 Å². The van der Waals surface area contributed by atoms with Gasteiger partial charge in [0.2, 0.25) is 0 Å².